The van der Waals surface area contributed by atoms with E-state index in [-0.39, 0.29) is 24.3 Å². The normalized spacial score (nSPS) is 14.2. The predicted molar refractivity (Wildman–Crippen MR) is 134 cm³/mol. The van der Waals surface area contributed by atoms with Gasteiger partial charge < -0.3 is 20.5 Å². The molecule has 0 bridgehead atoms. The Morgan fingerprint density at radius 3 is 2.15 bits per heavy atom. The van der Waals surface area contributed by atoms with Gasteiger partial charge in [0.05, 0.1) is 12.6 Å². The lowest BCUT2D eigenvalue weighted by Gasteiger charge is -2.36. The number of aliphatic hydroxyl groups excluding tert-OH is 1. The quantitative estimate of drug-likeness (QED) is 0.420. The molecule has 190 valence electrons. The van der Waals surface area contributed by atoms with Gasteiger partial charge >= 0.3 is 6.09 Å². The number of anilines is 1. The van der Waals surface area contributed by atoms with Crippen LogP contribution in [0.15, 0.2) is 43.0 Å². The van der Waals surface area contributed by atoms with E-state index in [2.05, 4.69) is 17.2 Å². The maximum Gasteiger partial charge on any atom is 0.411 e. The molecule has 0 aromatic heterocycles. The first-order chi connectivity index (χ1) is 15.7. The zero-order valence-corrected chi connectivity index (χ0v) is 21.5. The molecule has 0 heterocycles. The summed E-state index contributed by atoms with van der Waals surface area (Å²) in [4.78, 5) is 40.7. The molecular formula is C26H41N3O5. The Labute approximate surface area is 203 Å². The van der Waals surface area contributed by atoms with Gasteiger partial charge in [-0.15, -0.1) is 6.58 Å². The highest BCUT2D eigenvalue weighted by molar-refractivity contribution is 5.98. The molecule has 1 aromatic rings. The van der Waals surface area contributed by atoms with Gasteiger partial charge in [-0.1, -0.05) is 52.0 Å². The number of nitrogens with zero attached hydrogens (tertiary/aromatic N) is 1. The molecule has 0 saturated carbocycles. The van der Waals surface area contributed by atoms with Crippen molar-refractivity contribution in [2.45, 2.75) is 78.7 Å². The minimum atomic E-state index is -1.05. The number of carbonyl (C=O) groups excluding carboxylic acids is 3. The van der Waals surface area contributed by atoms with Crippen molar-refractivity contribution in [2.75, 3.05) is 11.9 Å². The van der Waals surface area contributed by atoms with E-state index in [1.54, 1.807) is 46.8 Å². The second-order valence-corrected chi connectivity index (χ2v) is 10.2. The molecule has 3 atom stereocenters. The molecule has 0 aliphatic carbocycles. The number of rotatable bonds is 11. The van der Waals surface area contributed by atoms with Gasteiger partial charge in [-0.3, -0.25) is 14.5 Å². The molecule has 1 aromatic carbocycles. The number of benzene rings is 1. The first-order valence-corrected chi connectivity index (χ1v) is 11.7. The Morgan fingerprint density at radius 2 is 1.68 bits per heavy atom. The third kappa shape index (κ3) is 9.95. The number of hydrogen-bond acceptors (Lipinski definition) is 5. The first kappa shape index (κ1) is 29.2. The summed E-state index contributed by atoms with van der Waals surface area (Å²) in [6.07, 6.45) is -0.0656. The fraction of sp³-hybridized carbons (Fsp3) is 0.577. The van der Waals surface area contributed by atoms with Crippen LogP contribution in [0, 0.1) is 11.8 Å². The SMILES string of the molecule is C=C[C@@H](O)CN(C(=O)OC(C)(C)C)[C@H](C(=O)N[C@@H](CC(C)C)C(=O)Nc1ccccc1)C(C)C. The van der Waals surface area contributed by atoms with E-state index >= 15 is 0 Å². The average Bonchev–Trinajstić information content (AvgIpc) is 2.71. The molecule has 0 radical (unpaired) electrons. The fourth-order valence-electron chi connectivity index (χ4n) is 3.41. The lowest BCUT2D eigenvalue weighted by atomic mass is 9.98. The number of carbonyl (C=O) groups is 3. The van der Waals surface area contributed by atoms with Crippen molar-refractivity contribution in [3.63, 3.8) is 0 Å². The number of hydrogen-bond donors (Lipinski definition) is 3. The summed E-state index contributed by atoms with van der Waals surface area (Å²) >= 11 is 0. The zero-order chi connectivity index (χ0) is 26.1. The summed E-state index contributed by atoms with van der Waals surface area (Å²) < 4.78 is 5.50. The van der Waals surface area contributed by atoms with Gasteiger partial charge in [0.15, 0.2) is 0 Å². The van der Waals surface area contributed by atoms with Gasteiger partial charge in [0, 0.05) is 5.69 Å². The van der Waals surface area contributed by atoms with Crippen molar-refractivity contribution >= 4 is 23.6 Å². The van der Waals surface area contributed by atoms with Crippen LogP contribution in [0.2, 0.25) is 0 Å². The number of ether oxygens (including phenoxy) is 1. The average molecular weight is 476 g/mol. The molecule has 0 spiro atoms. The van der Waals surface area contributed by atoms with Crippen molar-refractivity contribution in [2.24, 2.45) is 11.8 Å². The van der Waals surface area contributed by atoms with Crippen LogP contribution in [-0.2, 0) is 14.3 Å². The van der Waals surface area contributed by atoms with Gasteiger partial charge in [0.1, 0.15) is 17.7 Å². The van der Waals surface area contributed by atoms with Crippen LogP contribution in [0.5, 0.6) is 0 Å². The van der Waals surface area contributed by atoms with E-state index in [0.29, 0.717) is 12.1 Å². The van der Waals surface area contributed by atoms with E-state index < -0.39 is 35.8 Å². The number of para-hydroxylation sites is 1. The van der Waals surface area contributed by atoms with E-state index in [1.807, 2.05) is 32.0 Å². The molecule has 0 unspecified atom stereocenters. The molecule has 8 heteroatoms. The summed E-state index contributed by atoms with van der Waals surface area (Å²) in [5.74, 6) is -1.02. The second-order valence-electron chi connectivity index (χ2n) is 10.2. The molecule has 0 saturated heterocycles. The van der Waals surface area contributed by atoms with Crippen LogP contribution in [-0.4, -0.2) is 58.2 Å². The van der Waals surface area contributed by atoms with Crippen molar-refractivity contribution in [3.05, 3.63) is 43.0 Å². The van der Waals surface area contributed by atoms with Crippen LogP contribution < -0.4 is 10.6 Å². The van der Waals surface area contributed by atoms with Crippen molar-refractivity contribution in [1.29, 1.82) is 0 Å². The molecule has 0 aliphatic rings. The Kier molecular flexibility index (Phi) is 11.3. The lowest BCUT2D eigenvalue weighted by molar-refractivity contribution is -0.132. The Morgan fingerprint density at radius 1 is 1.09 bits per heavy atom. The molecule has 8 nitrogen and oxygen atoms in total. The van der Waals surface area contributed by atoms with E-state index in [9.17, 15) is 19.5 Å². The van der Waals surface area contributed by atoms with Gasteiger partial charge in [0.2, 0.25) is 11.8 Å². The van der Waals surface area contributed by atoms with Gasteiger partial charge in [-0.25, -0.2) is 4.79 Å². The first-order valence-electron chi connectivity index (χ1n) is 11.7. The van der Waals surface area contributed by atoms with Gasteiger partial charge in [-0.05, 0) is 51.2 Å². The van der Waals surface area contributed by atoms with E-state index in [4.69, 9.17) is 4.74 Å². The molecule has 3 N–H and O–H groups in total. The Hall–Kier alpha value is -2.87. The zero-order valence-electron chi connectivity index (χ0n) is 21.5. The fourth-order valence-corrected chi connectivity index (χ4v) is 3.41. The van der Waals surface area contributed by atoms with E-state index in [0.717, 1.165) is 0 Å². The van der Waals surface area contributed by atoms with E-state index in [1.165, 1.54) is 11.0 Å². The topological polar surface area (TPSA) is 108 Å². The highest BCUT2D eigenvalue weighted by Gasteiger charge is 2.37. The third-order valence-corrected chi connectivity index (χ3v) is 4.90. The maximum absolute atomic E-state index is 13.5. The van der Waals surface area contributed by atoms with Gasteiger partial charge in [0.25, 0.3) is 0 Å². The second kappa shape index (κ2) is 13.1. The standard InChI is InChI=1S/C26H41N3O5/c1-9-20(30)16-29(25(33)34-26(6,7)8)22(18(4)5)24(32)28-21(15-17(2)3)23(31)27-19-13-11-10-12-14-19/h9-14,17-18,20-22,30H,1,15-16H2,2-8H3,(H,27,31)(H,28,32)/t20-,21+,22+/m1/s1. The maximum atomic E-state index is 13.5. The van der Waals surface area contributed by atoms with Crippen LogP contribution in [0.25, 0.3) is 0 Å². The molecule has 0 fully saturated rings. The number of nitrogens with one attached hydrogen (secondary N) is 2. The number of amides is 3. The Balaban J connectivity index is 3.20. The Bertz CT molecular complexity index is 817. The summed E-state index contributed by atoms with van der Waals surface area (Å²) in [6, 6.07) is 7.23. The monoisotopic (exact) mass is 475 g/mol. The third-order valence-electron chi connectivity index (χ3n) is 4.90. The highest BCUT2D eigenvalue weighted by atomic mass is 16.6. The van der Waals surface area contributed by atoms with Crippen LogP contribution in [0.1, 0.15) is 54.9 Å². The highest BCUT2D eigenvalue weighted by Crippen LogP contribution is 2.19. The van der Waals surface area contributed by atoms with Crippen LogP contribution in [0.3, 0.4) is 0 Å². The lowest BCUT2D eigenvalue weighted by Crippen LogP contribution is -2.58. The predicted octanol–water partition coefficient (Wildman–Crippen LogP) is 3.96. The molecule has 1 rings (SSSR count). The molecule has 0 aliphatic heterocycles. The summed E-state index contributed by atoms with van der Waals surface area (Å²) in [5, 5.41) is 15.8. The molecule has 34 heavy (non-hydrogen) atoms. The smallest absolute Gasteiger partial charge is 0.411 e. The molecule has 3 amide bonds. The van der Waals surface area contributed by atoms with Crippen molar-refractivity contribution in [3.8, 4) is 0 Å². The summed E-state index contributed by atoms with van der Waals surface area (Å²) in [7, 11) is 0. The summed E-state index contributed by atoms with van der Waals surface area (Å²) in [5.41, 5.74) is -0.164. The largest absolute Gasteiger partial charge is 0.444 e. The summed E-state index contributed by atoms with van der Waals surface area (Å²) in [6.45, 7) is 16.1. The van der Waals surface area contributed by atoms with Crippen LogP contribution in [0.4, 0.5) is 10.5 Å². The van der Waals surface area contributed by atoms with Gasteiger partial charge in [-0.2, -0.15) is 0 Å². The van der Waals surface area contributed by atoms with Crippen molar-refractivity contribution in [1.82, 2.24) is 10.2 Å². The minimum absolute atomic E-state index is 0.133. The minimum Gasteiger partial charge on any atom is -0.444 e. The van der Waals surface area contributed by atoms with Crippen molar-refractivity contribution < 1.29 is 24.2 Å². The molecular weight excluding hydrogens is 434 g/mol. The van der Waals surface area contributed by atoms with Crippen LogP contribution >= 0.6 is 0 Å². The number of aliphatic hydroxyl groups is 1.